The maximum absolute atomic E-state index is 13.8. The van der Waals surface area contributed by atoms with Crippen LogP contribution in [0.5, 0.6) is 0 Å². The Morgan fingerprint density at radius 1 is 1.24 bits per heavy atom. The van der Waals surface area contributed by atoms with Gasteiger partial charge in [0.25, 0.3) is 12.0 Å². The van der Waals surface area contributed by atoms with Gasteiger partial charge in [-0.3, -0.25) is 14.6 Å². The summed E-state index contributed by atoms with van der Waals surface area (Å²) in [6.07, 6.45) is -2.08. The molecule has 0 aliphatic carbocycles. The van der Waals surface area contributed by atoms with Crippen molar-refractivity contribution in [3.63, 3.8) is 0 Å². The molecule has 0 radical (unpaired) electrons. The van der Waals surface area contributed by atoms with Crippen molar-refractivity contribution >= 4 is 5.78 Å². The summed E-state index contributed by atoms with van der Waals surface area (Å²) in [4.78, 5) is 29.9. The van der Waals surface area contributed by atoms with Gasteiger partial charge in [0.05, 0.1) is 29.7 Å². The Morgan fingerprint density at radius 3 is 2.73 bits per heavy atom. The number of hydrogen-bond acceptors (Lipinski definition) is 6. The topological polar surface area (TPSA) is 94.3 Å². The summed E-state index contributed by atoms with van der Waals surface area (Å²) in [6, 6.07) is 8.86. The van der Waals surface area contributed by atoms with Gasteiger partial charge in [-0.25, -0.2) is 13.2 Å². The molecule has 0 saturated carbocycles. The standard InChI is InChI=1S/C23H20F3N3O4/c24-15-2-1-3-16(9-15)29-23(32)17(21(31)8-14-12-33-7-6-20(14)30)10-19(28-29)13-4-5-18(22(25)26)27-11-13/h1-5,9-11,14,20,22,30H,6-8,12H2/t14-,20+/m0/s1. The molecule has 2 atom stereocenters. The highest BCUT2D eigenvalue weighted by molar-refractivity contribution is 5.96. The Kier molecular flexibility index (Phi) is 6.66. The number of alkyl halides is 2. The van der Waals surface area contributed by atoms with Gasteiger partial charge >= 0.3 is 0 Å². The van der Waals surface area contributed by atoms with E-state index >= 15 is 0 Å². The monoisotopic (exact) mass is 459 g/mol. The van der Waals surface area contributed by atoms with Crippen LogP contribution in [0.25, 0.3) is 16.9 Å². The van der Waals surface area contributed by atoms with Crippen molar-refractivity contribution in [3.05, 3.63) is 76.1 Å². The highest BCUT2D eigenvalue weighted by Gasteiger charge is 2.28. The number of benzene rings is 1. The number of aliphatic hydroxyl groups excluding tert-OH is 1. The second kappa shape index (κ2) is 9.63. The van der Waals surface area contributed by atoms with Crippen molar-refractivity contribution in [1.82, 2.24) is 14.8 Å². The SMILES string of the molecule is O=C(C[C@H]1COCC[C@H]1O)c1cc(-c2ccc(C(F)F)nc2)nn(-c2cccc(F)c2)c1=O. The van der Waals surface area contributed by atoms with E-state index in [-0.39, 0.29) is 30.0 Å². The molecular formula is C23H20F3N3O4. The molecule has 10 heteroatoms. The Labute approximate surface area is 186 Å². The van der Waals surface area contributed by atoms with Crippen LogP contribution >= 0.6 is 0 Å². The van der Waals surface area contributed by atoms with Crippen LogP contribution in [0.15, 0.2) is 53.5 Å². The Hall–Kier alpha value is -3.37. The van der Waals surface area contributed by atoms with E-state index in [1.165, 1.54) is 30.3 Å². The molecule has 7 nitrogen and oxygen atoms in total. The molecule has 0 unspecified atom stereocenters. The Balaban J connectivity index is 1.79. The fourth-order valence-corrected chi connectivity index (χ4v) is 3.63. The molecular weight excluding hydrogens is 439 g/mol. The zero-order valence-corrected chi connectivity index (χ0v) is 17.3. The van der Waals surface area contributed by atoms with Gasteiger partial charge in [0.2, 0.25) is 0 Å². The van der Waals surface area contributed by atoms with Crippen molar-refractivity contribution in [1.29, 1.82) is 0 Å². The van der Waals surface area contributed by atoms with E-state index in [2.05, 4.69) is 10.1 Å². The van der Waals surface area contributed by atoms with E-state index in [9.17, 15) is 27.9 Å². The summed E-state index contributed by atoms with van der Waals surface area (Å²) < 4.78 is 45.8. The number of aliphatic hydroxyl groups is 1. The third-order valence-electron chi connectivity index (χ3n) is 5.45. The van der Waals surface area contributed by atoms with Crippen LogP contribution in [0, 0.1) is 11.7 Å². The van der Waals surface area contributed by atoms with Gasteiger partial charge in [-0.15, -0.1) is 0 Å². The number of Topliss-reactive ketones (excluding diaryl/α,β-unsaturated/α-hetero) is 1. The zero-order chi connectivity index (χ0) is 23.5. The fraction of sp³-hybridized carbons (Fsp3) is 0.304. The Morgan fingerprint density at radius 2 is 2.06 bits per heavy atom. The van der Waals surface area contributed by atoms with E-state index in [1.807, 2.05) is 0 Å². The van der Waals surface area contributed by atoms with Gasteiger partial charge in [-0.05, 0) is 42.8 Å². The predicted octanol–water partition coefficient (Wildman–Crippen LogP) is 3.34. The van der Waals surface area contributed by atoms with Gasteiger partial charge in [-0.2, -0.15) is 9.78 Å². The molecule has 1 aromatic carbocycles. The minimum atomic E-state index is -2.76. The van der Waals surface area contributed by atoms with Crippen molar-refractivity contribution in [3.8, 4) is 16.9 Å². The number of nitrogens with zero attached hydrogens (tertiary/aromatic N) is 3. The van der Waals surface area contributed by atoms with Crippen LogP contribution in [0.2, 0.25) is 0 Å². The molecule has 0 spiro atoms. The van der Waals surface area contributed by atoms with Crippen LogP contribution < -0.4 is 5.56 Å². The van der Waals surface area contributed by atoms with Crippen molar-refractivity contribution in [2.75, 3.05) is 13.2 Å². The second-order valence-corrected chi connectivity index (χ2v) is 7.73. The van der Waals surface area contributed by atoms with Crippen LogP contribution in [0.3, 0.4) is 0 Å². The second-order valence-electron chi connectivity index (χ2n) is 7.73. The van der Waals surface area contributed by atoms with E-state index < -0.39 is 41.3 Å². The van der Waals surface area contributed by atoms with Crippen LogP contribution in [0.4, 0.5) is 13.2 Å². The van der Waals surface area contributed by atoms with Crippen LogP contribution in [0.1, 0.15) is 35.3 Å². The summed E-state index contributed by atoms with van der Waals surface area (Å²) in [7, 11) is 0. The molecule has 1 N–H and O–H groups in total. The van der Waals surface area contributed by atoms with Crippen molar-refractivity contribution in [2.24, 2.45) is 5.92 Å². The normalized spacial score (nSPS) is 18.5. The van der Waals surface area contributed by atoms with E-state index in [0.29, 0.717) is 18.6 Å². The zero-order valence-electron chi connectivity index (χ0n) is 17.3. The lowest BCUT2D eigenvalue weighted by Crippen LogP contribution is -2.35. The lowest BCUT2D eigenvalue weighted by atomic mass is 9.91. The van der Waals surface area contributed by atoms with Crippen LogP contribution in [-0.4, -0.2) is 45.0 Å². The number of ketones is 1. The number of pyridine rings is 1. The first kappa shape index (κ1) is 22.8. The van der Waals surface area contributed by atoms with Gasteiger partial charge in [0.1, 0.15) is 11.5 Å². The van der Waals surface area contributed by atoms with Gasteiger partial charge in [0.15, 0.2) is 5.78 Å². The first-order valence-electron chi connectivity index (χ1n) is 10.3. The maximum Gasteiger partial charge on any atom is 0.282 e. The lowest BCUT2D eigenvalue weighted by Gasteiger charge is -2.27. The highest BCUT2D eigenvalue weighted by Crippen LogP contribution is 2.24. The van der Waals surface area contributed by atoms with Crippen molar-refractivity contribution in [2.45, 2.75) is 25.4 Å². The first-order chi connectivity index (χ1) is 15.8. The summed E-state index contributed by atoms with van der Waals surface area (Å²) in [5.74, 6) is -1.62. The molecule has 0 bridgehead atoms. The largest absolute Gasteiger partial charge is 0.393 e. The molecule has 2 aromatic heterocycles. The lowest BCUT2D eigenvalue weighted by molar-refractivity contribution is -0.0357. The molecule has 33 heavy (non-hydrogen) atoms. The van der Waals surface area contributed by atoms with E-state index in [4.69, 9.17) is 4.74 Å². The number of carbonyl (C=O) groups excluding carboxylic acids is 1. The first-order valence-corrected chi connectivity index (χ1v) is 10.3. The maximum atomic E-state index is 13.8. The van der Waals surface area contributed by atoms with Gasteiger partial charge < -0.3 is 9.84 Å². The average Bonchev–Trinajstić information content (AvgIpc) is 2.80. The summed E-state index contributed by atoms with van der Waals surface area (Å²) in [6.45, 7) is 0.571. The molecule has 1 aliphatic heterocycles. The molecule has 1 saturated heterocycles. The third kappa shape index (κ3) is 5.01. The number of halogens is 3. The van der Waals surface area contributed by atoms with Crippen LogP contribution in [-0.2, 0) is 4.74 Å². The third-order valence-corrected chi connectivity index (χ3v) is 5.45. The molecule has 172 valence electrons. The van der Waals surface area contributed by atoms with E-state index in [0.717, 1.165) is 23.0 Å². The number of aromatic nitrogens is 3. The Bertz CT molecular complexity index is 1210. The van der Waals surface area contributed by atoms with Gasteiger partial charge in [-0.1, -0.05) is 6.07 Å². The summed E-state index contributed by atoms with van der Waals surface area (Å²) in [5.41, 5.74) is -0.915. The average molecular weight is 459 g/mol. The number of rotatable bonds is 6. The van der Waals surface area contributed by atoms with E-state index in [1.54, 1.807) is 0 Å². The molecule has 4 rings (SSSR count). The number of ether oxygens (including phenoxy) is 1. The molecule has 1 fully saturated rings. The predicted molar refractivity (Wildman–Crippen MR) is 112 cm³/mol. The smallest absolute Gasteiger partial charge is 0.282 e. The minimum Gasteiger partial charge on any atom is -0.393 e. The number of carbonyl (C=O) groups is 1. The fourth-order valence-electron chi connectivity index (χ4n) is 3.63. The quantitative estimate of drug-likeness (QED) is 0.569. The number of hydrogen-bond donors (Lipinski definition) is 1. The molecule has 1 aliphatic rings. The minimum absolute atomic E-state index is 0.0918. The summed E-state index contributed by atoms with van der Waals surface area (Å²) >= 11 is 0. The molecule has 3 aromatic rings. The molecule has 0 amide bonds. The molecule has 3 heterocycles. The highest BCUT2D eigenvalue weighted by atomic mass is 19.3. The van der Waals surface area contributed by atoms with Gasteiger partial charge in [0, 0.05) is 30.7 Å². The van der Waals surface area contributed by atoms with Crippen molar-refractivity contribution < 1.29 is 27.8 Å². The summed E-state index contributed by atoms with van der Waals surface area (Å²) in [5, 5.41) is 14.4.